The molecule has 2 aromatic heterocycles. The largest absolute Gasteiger partial charge is 0.497 e. The van der Waals surface area contributed by atoms with E-state index in [-0.39, 0.29) is 22.7 Å². The Balaban J connectivity index is 1.15. The Morgan fingerprint density at radius 2 is 1.95 bits per heavy atom. The van der Waals surface area contributed by atoms with Crippen LogP contribution in [0.25, 0.3) is 11.5 Å². The van der Waals surface area contributed by atoms with E-state index in [4.69, 9.17) is 9.15 Å². The van der Waals surface area contributed by atoms with Gasteiger partial charge in [-0.1, -0.05) is 12.1 Å². The SMILES string of the molecule is COc1cccc(C(=O)NCc2ccc(S(=O)(=O)N3CCC(Nc4cccc(-c5ncco5)c4)CC3)s2)c1. The average Bonchev–Trinajstić information content (AvgIpc) is 3.66. The molecule has 1 fully saturated rings. The summed E-state index contributed by atoms with van der Waals surface area (Å²) in [6.45, 7) is 1.10. The summed E-state index contributed by atoms with van der Waals surface area (Å²) in [5, 5.41) is 6.35. The maximum absolute atomic E-state index is 13.3. The van der Waals surface area contributed by atoms with Crippen LogP contribution in [0.1, 0.15) is 28.1 Å². The number of ether oxygens (including phenoxy) is 1. The number of benzene rings is 2. The lowest BCUT2D eigenvalue weighted by Crippen LogP contribution is -2.42. The van der Waals surface area contributed by atoms with Crippen LogP contribution in [0.2, 0.25) is 0 Å². The van der Waals surface area contributed by atoms with E-state index >= 15 is 0 Å². The van der Waals surface area contributed by atoms with Crippen molar-refractivity contribution in [1.82, 2.24) is 14.6 Å². The zero-order valence-electron chi connectivity index (χ0n) is 20.8. The molecular weight excluding hydrogens is 524 g/mol. The van der Waals surface area contributed by atoms with Gasteiger partial charge in [-0.25, -0.2) is 13.4 Å². The number of rotatable bonds is 9. The van der Waals surface area contributed by atoms with Gasteiger partial charge in [-0.15, -0.1) is 11.3 Å². The van der Waals surface area contributed by atoms with Crippen LogP contribution in [0.4, 0.5) is 5.69 Å². The number of sulfonamides is 1. The molecule has 1 saturated heterocycles. The second-order valence-electron chi connectivity index (χ2n) is 8.88. The molecule has 2 N–H and O–H groups in total. The maximum Gasteiger partial charge on any atom is 0.252 e. The number of piperidine rings is 1. The summed E-state index contributed by atoms with van der Waals surface area (Å²) in [6, 6.07) is 18.2. The van der Waals surface area contributed by atoms with Gasteiger partial charge < -0.3 is 19.8 Å². The number of hydrogen-bond acceptors (Lipinski definition) is 8. The summed E-state index contributed by atoms with van der Waals surface area (Å²) >= 11 is 1.18. The Hall–Kier alpha value is -3.67. The molecule has 0 spiro atoms. The number of carbonyl (C=O) groups excluding carboxylic acids is 1. The van der Waals surface area contributed by atoms with E-state index in [0.29, 0.717) is 43.1 Å². The minimum absolute atomic E-state index is 0.159. The maximum atomic E-state index is 13.3. The third-order valence-corrected chi connectivity index (χ3v) is 9.80. The Kier molecular flexibility index (Phi) is 7.77. The van der Waals surface area contributed by atoms with Crippen LogP contribution in [-0.2, 0) is 16.6 Å². The first-order chi connectivity index (χ1) is 18.4. The van der Waals surface area contributed by atoms with Crippen LogP contribution in [0.15, 0.2) is 81.8 Å². The van der Waals surface area contributed by atoms with Crippen LogP contribution in [0.5, 0.6) is 5.75 Å². The minimum Gasteiger partial charge on any atom is -0.497 e. The number of aromatic nitrogens is 1. The summed E-state index contributed by atoms with van der Waals surface area (Å²) in [4.78, 5) is 17.4. The number of nitrogens with one attached hydrogen (secondary N) is 2. The number of methoxy groups -OCH3 is 1. The number of hydrogen-bond donors (Lipinski definition) is 2. The molecule has 11 heteroatoms. The highest BCUT2D eigenvalue weighted by atomic mass is 32.2. The van der Waals surface area contributed by atoms with Gasteiger partial charge in [-0.2, -0.15) is 4.31 Å². The molecule has 1 aliphatic rings. The zero-order valence-corrected chi connectivity index (χ0v) is 22.4. The fraction of sp³-hybridized carbons (Fsp3) is 0.259. The van der Waals surface area contributed by atoms with Crippen LogP contribution in [-0.4, -0.2) is 49.9 Å². The molecule has 0 unspecified atom stereocenters. The molecule has 9 nitrogen and oxygen atoms in total. The number of oxazole rings is 1. The van der Waals surface area contributed by atoms with Crippen LogP contribution in [0, 0.1) is 0 Å². The van der Waals surface area contributed by atoms with Crippen molar-refractivity contribution in [3.8, 4) is 17.2 Å². The van der Waals surface area contributed by atoms with Crippen molar-refractivity contribution >= 4 is 33.0 Å². The Morgan fingerprint density at radius 3 is 2.71 bits per heavy atom. The van der Waals surface area contributed by atoms with E-state index in [2.05, 4.69) is 15.6 Å². The van der Waals surface area contributed by atoms with Crippen molar-refractivity contribution in [1.29, 1.82) is 0 Å². The van der Waals surface area contributed by atoms with E-state index in [1.807, 2.05) is 24.3 Å². The second kappa shape index (κ2) is 11.4. The lowest BCUT2D eigenvalue weighted by atomic mass is 10.1. The van der Waals surface area contributed by atoms with Gasteiger partial charge in [0.1, 0.15) is 16.2 Å². The molecule has 0 bridgehead atoms. The molecule has 0 radical (unpaired) electrons. The van der Waals surface area contributed by atoms with E-state index < -0.39 is 10.0 Å². The number of thiophene rings is 1. The third kappa shape index (κ3) is 5.90. The molecular formula is C27H28N4O5S2. The fourth-order valence-corrected chi connectivity index (χ4v) is 7.26. The molecule has 38 heavy (non-hydrogen) atoms. The van der Waals surface area contributed by atoms with Crippen molar-refractivity contribution in [3.05, 3.63) is 83.6 Å². The Labute approximate surface area is 225 Å². The lowest BCUT2D eigenvalue weighted by molar-refractivity contribution is 0.0951. The van der Waals surface area contributed by atoms with Gasteiger partial charge in [0, 0.05) is 40.8 Å². The second-order valence-corrected chi connectivity index (χ2v) is 12.2. The highest BCUT2D eigenvalue weighted by molar-refractivity contribution is 7.91. The normalized spacial score (nSPS) is 14.8. The summed E-state index contributed by atoms with van der Waals surface area (Å²) < 4.78 is 38.9. The molecule has 3 heterocycles. The Bertz CT molecular complexity index is 1490. The number of nitrogens with zero attached hydrogens (tertiary/aromatic N) is 2. The number of carbonyl (C=O) groups is 1. The lowest BCUT2D eigenvalue weighted by Gasteiger charge is -2.31. The summed E-state index contributed by atoms with van der Waals surface area (Å²) in [6.07, 6.45) is 4.54. The van der Waals surface area contributed by atoms with Crippen molar-refractivity contribution in [2.24, 2.45) is 0 Å². The van der Waals surface area contributed by atoms with Gasteiger partial charge in [0.25, 0.3) is 15.9 Å². The van der Waals surface area contributed by atoms with E-state index in [9.17, 15) is 13.2 Å². The van der Waals surface area contributed by atoms with Crippen molar-refractivity contribution in [3.63, 3.8) is 0 Å². The quantitative estimate of drug-likeness (QED) is 0.312. The average molecular weight is 553 g/mol. The highest BCUT2D eigenvalue weighted by Crippen LogP contribution is 2.29. The number of amides is 1. The monoisotopic (exact) mass is 552 g/mol. The predicted molar refractivity (Wildman–Crippen MR) is 146 cm³/mol. The minimum atomic E-state index is -3.60. The molecule has 0 saturated carbocycles. The standard InChI is InChI=1S/C27H28N4O5S2/c1-35-23-7-3-4-19(17-23)26(32)29-18-24-8-9-25(37-24)38(33,34)31-13-10-21(11-14-31)30-22-6-2-5-20(16-22)27-28-12-15-36-27/h2-9,12,15-17,21,30H,10-11,13-14,18H2,1H3,(H,29,32). The molecule has 0 aliphatic carbocycles. The predicted octanol–water partition coefficient (Wildman–Crippen LogP) is 4.61. The van der Waals surface area contributed by atoms with Crippen molar-refractivity contribution < 1.29 is 22.4 Å². The molecule has 198 valence electrons. The van der Waals surface area contributed by atoms with Crippen LogP contribution in [0.3, 0.4) is 0 Å². The van der Waals surface area contributed by atoms with Gasteiger partial charge in [0.2, 0.25) is 5.89 Å². The molecule has 1 aliphatic heterocycles. The number of anilines is 1. The summed E-state index contributed by atoms with van der Waals surface area (Å²) in [5.74, 6) is 0.910. The van der Waals surface area contributed by atoms with Crippen LogP contribution >= 0.6 is 11.3 Å². The summed E-state index contributed by atoms with van der Waals surface area (Å²) in [7, 11) is -2.05. The fourth-order valence-electron chi connectivity index (χ4n) is 4.34. The summed E-state index contributed by atoms with van der Waals surface area (Å²) in [5.41, 5.74) is 2.31. The zero-order chi connectivity index (χ0) is 26.5. The Morgan fingerprint density at radius 1 is 1.13 bits per heavy atom. The molecule has 2 aromatic carbocycles. The third-order valence-electron chi connectivity index (χ3n) is 6.35. The van der Waals surface area contributed by atoms with Crippen LogP contribution < -0.4 is 15.4 Å². The highest BCUT2D eigenvalue weighted by Gasteiger charge is 2.30. The van der Waals surface area contributed by atoms with Crippen molar-refractivity contribution in [2.45, 2.75) is 29.6 Å². The van der Waals surface area contributed by atoms with E-state index in [0.717, 1.165) is 16.1 Å². The smallest absolute Gasteiger partial charge is 0.252 e. The van der Waals surface area contributed by atoms with Gasteiger partial charge >= 0.3 is 0 Å². The topological polar surface area (TPSA) is 114 Å². The van der Waals surface area contributed by atoms with Gasteiger partial charge in [0.15, 0.2) is 0 Å². The van der Waals surface area contributed by atoms with Gasteiger partial charge in [-0.05, 0) is 61.4 Å². The molecule has 1 amide bonds. The first-order valence-corrected chi connectivity index (χ1v) is 14.5. The van der Waals surface area contributed by atoms with Gasteiger partial charge in [0.05, 0.1) is 19.9 Å². The first-order valence-electron chi connectivity index (χ1n) is 12.2. The first kappa shape index (κ1) is 26.0. The van der Waals surface area contributed by atoms with Gasteiger partial charge in [-0.3, -0.25) is 4.79 Å². The molecule has 0 atom stereocenters. The van der Waals surface area contributed by atoms with E-state index in [1.165, 1.54) is 11.3 Å². The van der Waals surface area contributed by atoms with E-state index in [1.54, 1.807) is 60.3 Å². The molecule has 4 aromatic rings. The van der Waals surface area contributed by atoms with Crippen molar-refractivity contribution in [2.75, 3.05) is 25.5 Å². The molecule has 5 rings (SSSR count).